The van der Waals surface area contributed by atoms with E-state index in [1.54, 1.807) is 6.07 Å². The fourth-order valence-corrected chi connectivity index (χ4v) is 10.6. The predicted octanol–water partition coefficient (Wildman–Crippen LogP) is 5.49. The molecule has 9 heteroatoms. The number of allylic oxidation sites excluding steroid dienone is 1. The quantitative estimate of drug-likeness (QED) is 0.363. The summed E-state index contributed by atoms with van der Waals surface area (Å²) in [4.78, 5) is 2.38. The lowest BCUT2D eigenvalue weighted by molar-refractivity contribution is 0.0455. The van der Waals surface area contributed by atoms with Gasteiger partial charge in [-0.1, -0.05) is 42.8 Å². The number of ether oxygens (including phenoxy) is 1. The molecule has 2 aromatic carbocycles. The van der Waals surface area contributed by atoms with Gasteiger partial charge in [0.2, 0.25) is 10.0 Å². The van der Waals surface area contributed by atoms with E-state index in [0.29, 0.717) is 24.5 Å². The molecular weight excluding hydrogens is 584 g/mol. The van der Waals surface area contributed by atoms with Crippen molar-refractivity contribution >= 4 is 27.3 Å². The van der Waals surface area contributed by atoms with E-state index in [2.05, 4.69) is 21.8 Å². The summed E-state index contributed by atoms with van der Waals surface area (Å²) in [5, 5.41) is 22.7. The first-order valence-corrected chi connectivity index (χ1v) is 17.9. The summed E-state index contributed by atoms with van der Waals surface area (Å²) in [6.07, 6.45) is 9.30. The van der Waals surface area contributed by atoms with Crippen LogP contribution in [0.15, 0.2) is 48.6 Å². The molecule has 2 saturated carbocycles. The lowest BCUT2D eigenvalue weighted by atomic mass is 9.68. The molecule has 0 radical (unpaired) electrons. The maximum absolute atomic E-state index is 13.7. The van der Waals surface area contributed by atoms with Crippen molar-refractivity contribution in [2.75, 3.05) is 24.6 Å². The van der Waals surface area contributed by atoms with Gasteiger partial charge in [-0.25, -0.2) is 8.42 Å². The van der Waals surface area contributed by atoms with E-state index in [9.17, 15) is 18.6 Å². The zero-order valence-electron chi connectivity index (χ0n) is 24.8. The molecule has 2 aliphatic heterocycles. The molecule has 1 spiro atoms. The van der Waals surface area contributed by atoms with Crippen LogP contribution in [0.4, 0.5) is 5.69 Å². The normalized spacial score (nSPS) is 36.4. The maximum Gasteiger partial charge on any atom is 0.217 e. The highest BCUT2D eigenvalue weighted by Gasteiger charge is 2.46. The van der Waals surface area contributed by atoms with E-state index in [1.807, 2.05) is 37.3 Å². The molecule has 2 fully saturated rings. The summed E-state index contributed by atoms with van der Waals surface area (Å²) in [7, 11) is -3.81. The SMILES string of the molecule is C[C@H]1C/C=C/[C@H](O)[C@@H]2CC[C@H]2CN2C[C@@]3(CCCc4cc(Cl)ccc43)COc3ccc(cc32)C(O)NS(=O)(=O)[C@H]1C1CC1. The third-order valence-electron chi connectivity index (χ3n) is 10.9. The smallest absolute Gasteiger partial charge is 0.217 e. The minimum Gasteiger partial charge on any atom is -0.490 e. The molecule has 2 heterocycles. The number of halogens is 1. The second-order valence-corrected chi connectivity index (χ2v) is 16.1. The Balaban J connectivity index is 1.29. The van der Waals surface area contributed by atoms with Gasteiger partial charge in [-0.05, 0) is 116 Å². The van der Waals surface area contributed by atoms with Crippen LogP contribution in [0.1, 0.15) is 74.8 Å². The Morgan fingerprint density at radius 3 is 2.65 bits per heavy atom. The first-order chi connectivity index (χ1) is 20.6. The number of hydrogen-bond donors (Lipinski definition) is 3. The molecule has 0 amide bonds. The van der Waals surface area contributed by atoms with Crippen LogP contribution in [0, 0.1) is 23.7 Å². The Morgan fingerprint density at radius 2 is 1.88 bits per heavy atom. The number of nitrogens with one attached hydrogen (secondary N) is 1. The van der Waals surface area contributed by atoms with Crippen LogP contribution in [-0.4, -0.2) is 49.7 Å². The summed E-state index contributed by atoms with van der Waals surface area (Å²) in [5.74, 6) is 1.16. The number of aliphatic hydroxyl groups excluding tert-OH is 2. The molecule has 7 nitrogen and oxygen atoms in total. The van der Waals surface area contributed by atoms with Gasteiger partial charge >= 0.3 is 0 Å². The number of benzene rings is 2. The van der Waals surface area contributed by atoms with Crippen LogP contribution in [-0.2, 0) is 21.9 Å². The number of rotatable bonds is 1. The molecule has 2 bridgehead atoms. The van der Waals surface area contributed by atoms with Crippen LogP contribution >= 0.6 is 11.6 Å². The number of sulfonamides is 1. The summed E-state index contributed by atoms with van der Waals surface area (Å²) in [6, 6.07) is 11.8. The van der Waals surface area contributed by atoms with Gasteiger partial charge in [0.25, 0.3) is 0 Å². The number of anilines is 1. The number of aliphatic hydroxyl groups is 2. The Morgan fingerprint density at radius 1 is 1.07 bits per heavy atom. The molecular formula is C34H43ClN2O5S. The third-order valence-corrected chi connectivity index (χ3v) is 13.2. The van der Waals surface area contributed by atoms with Crippen LogP contribution in [0.5, 0.6) is 5.75 Å². The Kier molecular flexibility index (Phi) is 7.82. The molecule has 43 heavy (non-hydrogen) atoms. The average Bonchev–Trinajstić information content (AvgIpc) is 3.78. The van der Waals surface area contributed by atoms with Crippen LogP contribution in [0.25, 0.3) is 0 Å². The van der Waals surface area contributed by atoms with Crippen molar-refractivity contribution in [2.24, 2.45) is 23.7 Å². The predicted molar refractivity (Wildman–Crippen MR) is 169 cm³/mol. The fourth-order valence-electron chi connectivity index (χ4n) is 8.32. The topological polar surface area (TPSA) is 99.1 Å². The highest BCUT2D eigenvalue weighted by molar-refractivity contribution is 7.90. The van der Waals surface area contributed by atoms with Crippen molar-refractivity contribution in [3.8, 4) is 5.75 Å². The second kappa shape index (κ2) is 11.4. The largest absolute Gasteiger partial charge is 0.490 e. The van der Waals surface area contributed by atoms with Crippen molar-refractivity contribution < 1.29 is 23.4 Å². The first kappa shape index (κ1) is 29.6. The Hall–Kier alpha value is -2.10. The molecule has 7 rings (SSSR count). The Labute approximate surface area is 260 Å². The number of fused-ring (bicyclic) bond motifs is 4. The van der Waals surface area contributed by atoms with Gasteiger partial charge in [-0.15, -0.1) is 0 Å². The maximum atomic E-state index is 13.7. The minimum absolute atomic E-state index is 0.0910. The molecule has 7 atom stereocenters. The van der Waals surface area contributed by atoms with E-state index in [-0.39, 0.29) is 23.2 Å². The number of hydrogen-bond acceptors (Lipinski definition) is 6. The molecule has 0 saturated heterocycles. The summed E-state index contributed by atoms with van der Waals surface area (Å²) in [6.45, 7) is 3.98. The van der Waals surface area contributed by atoms with E-state index in [0.717, 1.165) is 74.5 Å². The van der Waals surface area contributed by atoms with Crippen LogP contribution < -0.4 is 14.4 Å². The van der Waals surface area contributed by atoms with Gasteiger partial charge in [0.05, 0.1) is 23.6 Å². The number of aryl methyl sites for hydroxylation is 1. The van der Waals surface area contributed by atoms with Gasteiger partial charge in [-0.2, -0.15) is 4.72 Å². The molecule has 1 unspecified atom stereocenters. The van der Waals surface area contributed by atoms with Crippen molar-refractivity contribution in [3.63, 3.8) is 0 Å². The van der Waals surface area contributed by atoms with E-state index in [4.69, 9.17) is 16.3 Å². The van der Waals surface area contributed by atoms with Gasteiger partial charge in [-0.3, -0.25) is 0 Å². The van der Waals surface area contributed by atoms with Gasteiger partial charge < -0.3 is 19.8 Å². The highest BCUT2D eigenvalue weighted by Crippen LogP contribution is 2.47. The zero-order valence-corrected chi connectivity index (χ0v) is 26.4. The standard InChI is InChI=1S/C34H43ClN2O5S/c1-21-4-2-6-30(38)27-12-9-25(27)18-37-19-34(15-3-5-23-16-26(35)11-13-28(23)34)20-42-31-14-10-24(17-29(31)37)33(39)36-43(40,41)32(21)22-7-8-22/h2,6,10-11,13-14,16-17,21-22,25,27,30,32-33,36,38-39H,3-5,7-9,12,15,18-20H2,1H3/b6-2+/t21-,25-,27+,30-,32+,33?,34-/m0/s1. The first-order valence-electron chi connectivity index (χ1n) is 16.0. The van der Waals surface area contributed by atoms with Gasteiger partial charge in [0.1, 0.15) is 12.0 Å². The monoisotopic (exact) mass is 626 g/mol. The van der Waals surface area contributed by atoms with Crippen molar-refractivity contribution in [2.45, 2.75) is 81.3 Å². The van der Waals surface area contributed by atoms with Crippen LogP contribution in [0.3, 0.4) is 0 Å². The minimum atomic E-state index is -3.81. The summed E-state index contributed by atoms with van der Waals surface area (Å²) >= 11 is 6.41. The average molecular weight is 627 g/mol. The summed E-state index contributed by atoms with van der Waals surface area (Å²) in [5.41, 5.74) is 3.69. The fraction of sp³-hybridized carbons (Fsp3) is 0.588. The highest BCUT2D eigenvalue weighted by atomic mass is 35.5. The van der Waals surface area contributed by atoms with Gasteiger partial charge in [0, 0.05) is 23.5 Å². The van der Waals surface area contributed by atoms with Gasteiger partial charge in [0.15, 0.2) is 0 Å². The third kappa shape index (κ3) is 5.63. The lowest BCUT2D eigenvalue weighted by Crippen LogP contribution is -2.49. The zero-order chi connectivity index (χ0) is 29.9. The molecule has 3 N–H and O–H groups in total. The van der Waals surface area contributed by atoms with E-state index in [1.165, 1.54) is 11.1 Å². The Bertz CT molecular complexity index is 1510. The van der Waals surface area contributed by atoms with Crippen LogP contribution in [0.2, 0.25) is 5.02 Å². The van der Waals surface area contributed by atoms with Crippen molar-refractivity contribution in [3.05, 3.63) is 70.3 Å². The summed E-state index contributed by atoms with van der Waals surface area (Å²) < 4.78 is 36.6. The molecule has 3 aliphatic carbocycles. The molecule has 232 valence electrons. The molecule has 0 aromatic heterocycles. The molecule has 5 aliphatic rings. The lowest BCUT2D eigenvalue weighted by Gasteiger charge is -2.45. The second-order valence-electron chi connectivity index (χ2n) is 13.8. The molecule has 2 aromatic rings. The van der Waals surface area contributed by atoms with E-state index >= 15 is 0 Å². The van der Waals surface area contributed by atoms with E-state index < -0.39 is 27.6 Å². The van der Waals surface area contributed by atoms with Crippen molar-refractivity contribution in [1.29, 1.82) is 0 Å². The van der Waals surface area contributed by atoms with Crippen molar-refractivity contribution in [1.82, 2.24) is 4.72 Å². The number of nitrogens with zero attached hydrogens (tertiary/aromatic N) is 1.